The number of guanidine groups is 1. The molecule has 29 heavy (non-hydrogen) atoms. The predicted octanol–water partition coefficient (Wildman–Crippen LogP) is 2.82. The molecule has 2 rings (SSSR count). The Morgan fingerprint density at radius 2 is 1.79 bits per heavy atom. The van der Waals surface area contributed by atoms with E-state index in [4.69, 9.17) is 0 Å². The van der Waals surface area contributed by atoms with Crippen LogP contribution in [-0.2, 0) is 13.0 Å². The van der Waals surface area contributed by atoms with Crippen molar-refractivity contribution in [2.75, 3.05) is 27.7 Å². The number of nitro benzene ring substituents is 1. The van der Waals surface area contributed by atoms with Crippen molar-refractivity contribution in [1.82, 2.24) is 15.5 Å². The molecule has 0 aliphatic carbocycles. The molecule has 9 heteroatoms. The molecule has 1 amide bonds. The van der Waals surface area contributed by atoms with Crippen LogP contribution in [0.3, 0.4) is 0 Å². The fraction of sp³-hybridized carbons (Fsp3) is 0.300. The smallest absolute Gasteiger partial charge is 0.269 e. The summed E-state index contributed by atoms with van der Waals surface area (Å²) in [6, 6.07) is 14.0. The predicted molar refractivity (Wildman–Crippen MR) is 125 cm³/mol. The number of aliphatic imine (C=N–C) groups is 1. The molecule has 0 aromatic heterocycles. The van der Waals surface area contributed by atoms with Gasteiger partial charge in [0.15, 0.2) is 5.96 Å². The van der Waals surface area contributed by atoms with E-state index in [1.54, 1.807) is 38.2 Å². The van der Waals surface area contributed by atoms with Crippen LogP contribution >= 0.6 is 24.0 Å². The zero-order chi connectivity index (χ0) is 20.5. The number of halogens is 1. The van der Waals surface area contributed by atoms with Gasteiger partial charge in [-0.05, 0) is 29.7 Å². The van der Waals surface area contributed by atoms with E-state index in [2.05, 4.69) is 15.6 Å². The van der Waals surface area contributed by atoms with Crippen LogP contribution in [0.15, 0.2) is 53.5 Å². The Morgan fingerprint density at radius 3 is 2.45 bits per heavy atom. The Hall–Kier alpha value is -2.69. The minimum atomic E-state index is -0.411. The summed E-state index contributed by atoms with van der Waals surface area (Å²) in [6.45, 7) is 1.06. The summed E-state index contributed by atoms with van der Waals surface area (Å²) in [5.74, 6) is 0.580. The molecule has 0 spiro atoms. The Morgan fingerprint density at radius 1 is 1.10 bits per heavy atom. The molecule has 0 aliphatic rings. The highest BCUT2D eigenvalue weighted by molar-refractivity contribution is 14.0. The minimum absolute atomic E-state index is 0. The van der Waals surface area contributed by atoms with Gasteiger partial charge in [-0.25, -0.2) is 0 Å². The van der Waals surface area contributed by atoms with Crippen molar-refractivity contribution in [2.24, 2.45) is 4.99 Å². The number of nitrogens with one attached hydrogen (secondary N) is 2. The minimum Gasteiger partial charge on any atom is -0.356 e. The number of carbonyl (C=O) groups excluding carboxylic acids is 1. The monoisotopic (exact) mass is 511 g/mol. The molecule has 0 unspecified atom stereocenters. The van der Waals surface area contributed by atoms with Crippen molar-refractivity contribution in [3.63, 3.8) is 0 Å². The van der Waals surface area contributed by atoms with E-state index in [9.17, 15) is 14.9 Å². The maximum Gasteiger partial charge on any atom is 0.269 e. The molecule has 8 nitrogen and oxygen atoms in total. The van der Waals surface area contributed by atoms with E-state index >= 15 is 0 Å². The van der Waals surface area contributed by atoms with Crippen LogP contribution in [0.1, 0.15) is 21.5 Å². The molecule has 2 N–H and O–H groups in total. The van der Waals surface area contributed by atoms with Crippen LogP contribution in [0, 0.1) is 10.1 Å². The van der Waals surface area contributed by atoms with Gasteiger partial charge >= 0.3 is 0 Å². The first kappa shape index (κ1) is 24.3. The van der Waals surface area contributed by atoms with Gasteiger partial charge in [0.25, 0.3) is 11.6 Å². The average molecular weight is 511 g/mol. The van der Waals surface area contributed by atoms with Gasteiger partial charge in [0.05, 0.1) is 4.92 Å². The molecule has 0 aliphatic heterocycles. The molecular formula is C20H26IN5O3. The number of nitrogens with zero attached hydrogens (tertiary/aromatic N) is 3. The van der Waals surface area contributed by atoms with Crippen molar-refractivity contribution < 1.29 is 9.72 Å². The van der Waals surface area contributed by atoms with E-state index in [1.165, 1.54) is 12.1 Å². The highest BCUT2D eigenvalue weighted by atomic mass is 127. The van der Waals surface area contributed by atoms with E-state index in [0.29, 0.717) is 24.6 Å². The standard InChI is InChI=1S/C20H25N5O3.HI/c1-21-20(23-14-16-7-5-9-18(13-16)25(27)28)22-11-10-15-6-4-8-17(12-15)19(26)24(2)3;/h4-9,12-13H,10-11,14H2,1-3H3,(H2,21,22,23);1H. The lowest BCUT2D eigenvalue weighted by atomic mass is 10.1. The van der Waals surface area contributed by atoms with Gasteiger partial charge in [0.1, 0.15) is 0 Å². The third-order valence-corrected chi connectivity index (χ3v) is 4.09. The van der Waals surface area contributed by atoms with Crippen molar-refractivity contribution >= 4 is 41.5 Å². The topological polar surface area (TPSA) is 99.9 Å². The van der Waals surface area contributed by atoms with E-state index in [1.807, 2.05) is 24.3 Å². The maximum absolute atomic E-state index is 12.1. The summed E-state index contributed by atoms with van der Waals surface area (Å²) in [5.41, 5.74) is 2.58. The zero-order valence-electron chi connectivity index (χ0n) is 16.7. The van der Waals surface area contributed by atoms with E-state index in [0.717, 1.165) is 17.5 Å². The SMILES string of the molecule is CN=C(NCCc1cccc(C(=O)N(C)C)c1)NCc1cccc([N+](=O)[O-])c1.I. The summed E-state index contributed by atoms with van der Waals surface area (Å²) in [6.07, 6.45) is 0.728. The molecule has 0 atom stereocenters. The summed E-state index contributed by atoms with van der Waals surface area (Å²) >= 11 is 0. The third kappa shape index (κ3) is 7.68. The molecule has 0 radical (unpaired) electrons. The molecule has 0 saturated heterocycles. The fourth-order valence-electron chi connectivity index (χ4n) is 2.63. The van der Waals surface area contributed by atoms with Crippen LogP contribution in [-0.4, -0.2) is 49.4 Å². The molecule has 2 aromatic carbocycles. The number of amides is 1. The summed E-state index contributed by atoms with van der Waals surface area (Å²) in [4.78, 5) is 28.2. The highest BCUT2D eigenvalue weighted by Crippen LogP contribution is 2.12. The van der Waals surface area contributed by atoms with Crippen molar-refractivity contribution in [1.29, 1.82) is 0 Å². The molecule has 0 bridgehead atoms. The molecule has 0 heterocycles. The van der Waals surface area contributed by atoms with Crippen molar-refractivity contribution in [2.45, 2.75) is 13.0 Å². The second kappa shape index (κ2) is 12.0. The van der Waals surface area contributed by atoms with Crippen LogP contribution in [0.2, 0.25) is 0 Å². The summed E-state index contributed by atoms with van der Waals surface area (Å²) < 4.78 is 0. The van der Waals surface area contributed by atoms with Gasteiger partial charge in [-0.2, -0.15) is 0 Å². The number of carbonyl (C=O) groups is 1. The van der Waals surface area contributed by atoms with Gasteiger partial charge in [-0.3, -0.25) is 19.9 Å². The van der Waals surface area contributed by atoms with Crippen LogP contribution in [0.5, 0.6) is 0 Å². The number of hydrogen-bond donors (Lipinski definition) is 2. The second-order valence-electron chi connectivity index (χ2n) is 6.43. The molecule has 0 saturated carbocycles. The van der Waals surface area contributed by atoms with Gasteiger partial charge in [0.2, 0.25) is 0 Å². The Balaban J connectivity index is 0.00000420. The lowest BCUT2D eigenvalue weighted by Crippen LogP contribution is -2.37. The van der Waals surface area contributed by atoms with Crippen LogP contribution in [0.25, 0.3) is 0 Å². The Bertz CT molecular complexity index is 871. The first-order chi connectivity index (χ1) is 13.4. The molecule has 0 fully saturated rings. The number of hydrogen-bond acceptors (Lipinski definition) is 4. The number of nitro groups is 1. The summed E-state index contributed by atoms with van der Waals surface area (Å²) in [7, 11) is 5.13. The quantitative estimate of drug-likeness (QED) is 0.196. The fourth-order valence-corrected chi connectivity index (χ4v) is 2.63. The normalized spacial score (nSPS) is 10.7. The first-order valence-corrected chi connectivity index (χ1v) is 8.89. The molecular weight excluding hydrogens is 485 g/mol. The third-order valence-electron chi connectivity index (χ3n) is 4.09. The second-order valence-corrected chi connectivity index (χ2v) is 6.43. The van der Waals surface area contributed by atoms with Gasteiger partial charge in [0, 0.05) is 51.9 Å². The zero-order valence-corrected chi connectivity index (χ0v) is 19.0. The summed E-state index contributed by atoms with van der Waals surface area (Å²) in [5, 5.41) is 17.2. The number of rotatable bonds is 7. The average Bonchev–Trinajstić information content (AvgIpc) is 2.70. The largest absolute Gasteiger partial charge is 0.356 e. The van der Waals surface area contributed by atoms with Crippen molar-refractivity contribution in [3.8, 4) is 0 Å². The van der Waals surface area contributed by atoms with Crippen LogP contribution in [0.4, 0.5) is 5.69 Å². The lowest BCUT2D eigenvalue weighted by Gasteiger charge is -2.13. The van der Waals surface area contributed by atoms with E-state index < -0.39 is 4.92 Å². The number of benzene rings is 2. The first-order valence-electron chi connectivity index (χ1n) is 8.89. The lowest BCUT2D eigenvalue weighted by molar-refractivity contribution is -0.384. The highest BCUT2D eigenvalue weighted by Gasteiger charge is 2.09. The maximum atomic E-state index is 12.1. The number of non-ortho nitro benzene ring substituents is 1. The van der Waals surface area contributed by atoms with Crippen LogP contribution < -0.4 is 10.6 Å². The Labute approximate surface area is 187 Å². The van der Waals surface area contributed by atoms with E-state index in [-0.39, 0.29) is 35.6 Å². The van der Waals surface area contributed by atoms with Gasteiger partial charge in [-0.1, -0.05) is 24.3 Å². The molecule has 156 valence electrons. The van der Waals surface area contributed by atoms with Gasteiger partial charge < -0.3 is 15.5 Å². The Kier molecular flexibility index (Phi) is 10.1. The van der Waals surface area contributed by atoms with Crippen molar-refractivity contribution in [3.05, 3.63) is 75.3 Å². The molecule has 2 aromatic rings. The van der Waals surface area contributed by atoms with Gasteiger partial charge in [-0.15, -0.1) is 24.0 Å².